The van der Waals surface area contributed by atoms with E-state index >= 15 is 0 Å². The Morgan fingerprint density at radius 1 is 1.14 bits per heavy atom. The van der Waals surface area contributed by atoms with E-state index in [1.54, 1.807) is 11.3 Å². The van der Waals surface area contributed by atoms with Gasteiger partial charge in [0.2, 0.25) is 0 Å². The number of aromatic nitrogens is 1. The first kappa shape index (κ1) is 20.2. The van der Waals surface area contributed by atoms with Gasteiger partial charge in [-0.2, -0.15) is 0 Å². The van der Waals surface area contributed by atoms with Crippen LogP contribution in [0.5, 0.6) is 0 Å². The van der Waals surface area contributed by atoms with E-state index in [0.29, 0.717) is 6.54 Å². The van der Waals surface area contributed by atoms with Gasteiger partial charge in [-0.1, -0.05) is 30.3 Å². The molecule has 5 heteroatoms. The quantitative estimate of drug-likeness (QED) is 0.450. The third kappa shape index (κ3) is 4.86. The molecule has 1 aromatic heterocycles. The predicted octanol–water partition coefficient (Wildman–Crippen LogP) is 5.09. The highest BCUT2D eigenvalue weighted by atomic mass is 32.1. The highest BCUT2D eigenvalue weighted by Gasteiger charge is 2.09. The first-order valence-corrected chi connectivity index (χ1v) is 10.5. The maximum absolute atomic E-state index is 5.68. The average molecular weight is 393 g/mol. The molecule has 3 aromatic rings. The van der Waals surface area contributed by atoms with Gasteiger partial charge in [-0.15, -0.1) is 11.3 Å². The Kier molecular flexibility index (Phi) is 6.60. The monoisotopic (exact) mass is 392 g/mol. The van der Waals surface area contributed by atoms with E-state index in [0.717, 1.165) is 40.5 Å². The Balaban J connectivity index is 1.77. The number of benzene rings is 2. The molecule has 4 nitrogen and oxygen atoms in total. The molecule has 1 heterocycles. The van der Waals surface area contributed by atoms with Gasteiger partial charge in [0.25, 0.3) is 0 Å². The number of aryl methyl sites for hydroxylation is 2. The number of thiazole rings is 1. The zero-order chi connectivity index (χ0) is 20.1. The SMILES string of the molecule is CCN(C)C=Nc1cc(C)c(Cc2nc(-c3ccc(CN)cc3)cs2)cc1C. The van der Waals surface area contributed by atoms with Crippen LogP contribution in [0, 0.1) is 13.8 Å². The zero-order valence-electron chi connectivity index (χ0n) is 17.1. The molecule has 3 rings (SSSR count). The second kappa shape index (κ2) is 9.13. The summed E-state index contributed by atoms with van der Waals surface area (Å²) in [4.78, 5) is 11.5. The summed E-state index contributed by atoms with van der Waals surface area (Å²) in [5.74, 6) is 0. The summed E-state index contributed by atoms with van der Waals surface area (Å²) >= 11 is 1.71. The van der Waals surface area contributed by atoms with Crippen LogP contribution in [0.4, 0.5) is 5.69 Å². The van der Waals surface area contributed by atoms with Crippen LogP contribution >= 0.6 is 11.3 Å². The molecule has 28 heavy (non-hydrogen) atoms. The van der Waals surface area contributed by atoms with E-state index in [1.165, 1.54) is 16.7 Å². The van der Waals surface area contributed by atoms with Crippen molar-refractivity contribution in [2.24, 2.45) is 10.7 Å². The first-order valence-electron chi connectivity index (χ1n) is 9.58. The number of aliphatic imine (C=N–C) groups is 1. The Bertz CT molecular complexity index is 957. The molecule has 0 unspecified atom stereocenters. The fourth-order valence-electron chi connectivity index (χ4n) is 2.93. The van der Waals surface area contributed by atoms with Crippen LogP contribution in [-0.4, -0.2) is 29.8 Å². The molecular weight excluding hydrogens is 364 g/mol. The molecule has 2 N–H and O–H groups in total. The molecule has 0 bridgehead atoms. The predicted molar refractivity (Wildman–Crippen MR) is 121 cm³/mol. The number of hydrogen-bond acceptors (Lipinski definition) is 4. The van der Waals surface area contributed by atoms with Crippen molar-refractivity contribution >= 4 is 23.4 Å². The van der Waals surface area contributed by atoms with E-state index < -0.39 is 0 Å². The summed E-state index contributed by atoms with van der Waals surface area (Å²) in [7, 11) is 2.03. The van der Waals surface area contributed by atoms with E-state index in [4.69, 9.17) is 10.7 Å². The highest BCUT2D eigenvalue weighted by Crippen LogP contribution is 2.28. The highest BCUT2D eigenvalue weighted by molar-refractivity contribution is 7.10. The van der Waals surface area contributed by atoms with Crippen molar-refractivity contribution in [2.45, 2.75) is 33.7 Å². The zero-order valence-corrected chi connectivity index (χ0v) is 17.9. The third-order valence-corrected chi connectivity index (χ3v) is 5.77. The Morgan fingerprint density at radius 3 is 2.57 bits per heavy atom. The lowest BCUT2D eigenvalue weighted by atomic mass is 10.0. The van der Waals surface area contributed by atoms with Gasteiger partial charge in [0, 0.05) is 37.5 Å². The van der Waals surface area contributed by atoms with E-state index in [2.05, 4.69) is 72.4 Å². The van der Waals surface area contributed by atoms with Crippen molar-refractivity contribution in [3.63, 3.8) is 0 Å². The fourth-order valence-corrected chi connectivity index (χ4v) is 3.76. The molecule has 0 spiro atoms. The molecule has 0 amide bonds. The molecule has 0 fully saturated rings. The molecule has 0 radical (unpaired) electrons. The van der Waals surface area contributed by atoms with Crippen molar-refractivity contribution in [3.05, 3.63) is 69.0 Å². The molecular formula is C23H28N4S. The van der Waals surface area contributed by atoms with Crippen LogP contribution in [0.3, 0.4) is 0 Å². The minimum absolute atomic E-state index is 0.565. The van der Waals surface area contributed by atoms with Crippen molar-refractivity contribution < 1.29 is 0 Å². The summed E-state index contributed by atoms with van der Waals surface area (Å²) < 4.78 is 0. The smallest absolute Gasteiger partial charge is 0.0976 e. The molecule has 0 aliphatic carbocycles. The van der Waals surface area contributed by atoms with Gasteiger partial charge in [-0.3, -0.25) is 0 Å². The van der Waals surface area contributed by atoms with Crippen LogP contribution in [0.2, 0.25) is 0 Å². The van der Waals surface area contributed by atoms with Gasteiger partial charge in [-0.05, 0) is 49.1 Å². The molecule has 2 aromatic carbocycles. The fraction of sp³-hybridized carbons (Fsp3) is 0.304. The van der Waals surface area contributed by atoms with Crippen molar-refractivity contribution in [3.8, 4) is 11.3 Å². The largest absolute Gasteiger partial charge is 0.366 e. The lowest BCUT2D eigenvalue weighted by Crippen LogP contribution is -2.14. The molecule has 146 valence electrons. The van der Waals surface area contributed by atoms with Crippen LogP contribution < -0.4 is 5.73 Å². The first-order chi connectivity index (χ1) is 13.5. The second-order valence-corrected chi connectivity index (χ2v) is 8.03. The molecule has 0 atom stereocenters. The summed E-state index contributed by atoms with van der Waals surface area (Å²) in [5.41, 5.74) is 13.8. The Hall–Kier alpha value is -2.50. The number of nitrogens with two attached hydrogens (primary N) is 1. The summed E-state index contributed by atoms with van der Waals surface area (Å²) in [5, 5.41) is 3.26. The van der Waals surface area contributed by atoms with Gasteiger partial charge in [0.05, 0.1) is 22.7 Å². The van der Waals surface area contributed by atoms with Crippen LogP contribution in [0.25, 0.3) is 11.3 Å². The average Bonchev–Trinajstić information content (AvgIpc) is 3.17. The Labute approximate surface area is 171 Å². The van der Waals surface area contributed by atoms with Gasteiger partial charge in [0.15, 0.2) is 0 Å². The summed E-state index contributed by atoms with van der Waals surface area (Å²) in [6.07, 6.45) is 2.74. The second-order valence-electron chi connectivity index (χ2n) is 7.09. The van der Waals surface area contributed by atoms with Crippen molar-refractivity contribution in [1.82, 2.24) is 9.88 Å². The minimum atomic E-state index is 0.565. The van der Waals surface area contributed by atoms with E-state index in [-0.39, 0.29) is 0 Å². The lowest BCUT2D eigenvalue weighted by Gasteiger charge is -2.11. The van der Waals surface area contributed by atoms with Gasteiger partial charge < -0.3 is 10.6 Å². The van der Waals surface area contributed by atoms with Gasteiger partial charge in [0.1, 0.15) is 0 Å². The van der Waals surface area contributed by atoms with Crippen LogP contribution in [-0.2, 0) is 13.0 Å². The minimum Gasteiger partial charge on any atom is -0.366 e. The third-order valence-electron chi connectivity index (χ3n) is 4.93. The maximum Gasteiger partial charge on any atom is 0.0976 e. The molecule has 0 aliphatic rings. The normalized spacial score (nSPS) is 11.3. The number of hydrogen-bond donors (Lipinski definition) is 1. The topological polar surface area (TPSA) is 54.5 Å². The maximum atomic E-state index is 5.68. The van der Waals surface area contributed by atoms with Crippen LogP contribution in [0.15, 0.2) is 46.8 Å². The van der Waals surface area contributed by atoms with Crippen molar-refractivity contribution in [2.75, 3.05) is 13.6 Å². The molecule has 0 saturated carbocycles. The molecule has 0 saturated heterocycles. The molecule has 0 aliphatic heterocycles. The number of nitrogens with zero attached hydrogens (tertiary/aromatic N) is 3. The van der Waals surface area contributed by atoms with E-state index in [1.807, 2.05) is 13.4 Å². The van der Waals surface area contributed by atoms with Crippen LogP contribution in [0.1, 0.15) is 34.2 Å². The Morgan fingerprint density at radius 2 is 1.89 bits per heavy atom. The lowest BCUT2D eigenvalue weighted by molar-refractivity contribution is 0.552. The van der Waals surface area contributed by atoms with Gasteiger partial charge in [-0.25, -0.2) is 9.98 Å². The van der Waals surface area contributed by atoms with E-state index in [9.17, 15) is 0 Å². The van der Waals surface area contributed by atoms with Gasteiger partial charge >= 0.3 is 0 Å². The summed E-state index contributed by atoms with van der Waals surface area (Å²) in [6, 6.07) is 12.7. The summed E-state index contributed by atoms with van der Waals surface area (Å²) in [6.45, 7) is 7.89. The standard InChI is InChI=1S/C23H28N4S/c1-5-27(4)15-25-21-11-16(2)20(10-17(21)3)12-23-26-22(14-28-23)19-8-6-18(13-24)7-9-19/h6-11,14-15H,5,12-13,24H2,1-4H3. The van der Waals surface area contributed by atoms with Crippen molar-refractivity contribution in [1.29, 1.82) is 0 Å². The number of rotatable bonds is 7.